The van der Waals surface area contributed by atoms with Crippen LogP contribution in [0.3, 0.4) is 0 Å². The highest BCUT2D eigenvalue weighted by molar-refractivity contribution is 6.42. The number of amides is 1. The van der Waals surface area contributed by atoms with E-state index < -0.39 is 0 Å². The summed E-state index contributed by atoms with van der Waals surface area (Å²) in [5.41, 5.74) is 0.597. The van der Waals surface area contributed by atoms with Gasteiger partial charge in [0.05, 0.1) is 21.9 Å². The summed E-state index contributed by atoms with van der Waals surface area (Å²) in [6, 6.07) is 4.96. The quantitative estimate of drug-likeness (QED) is 0.850. The molecule has 3 fully saturated rings. The predicted molar refractivity (Wildman–Crippen MR) is 78.2 cm³/mol. The zero-order valence-electron chi connectivity index (χ0n) is 11.0. The van der Waals surface area contributed by atoms with Gasteiger partial charge in [-0.05, 0) is 37.0 Å². The van der Waals surface area contributed by atoms with Crippen LogP contribution in [0.5, 0.6) is 0 Å². The molecule has 1 aromatic carbocycles. The van der Waals surface area contributed by atoms with E-state index in [-0.39, 0.29) is 41.7 Å². The fraction of sp³-hybridized carbons (Fsp3) is 0.467. The van der Waals surface area contributed by atoms with E-state index in [2.05, 4.69) is 5.32 Å². The highest BCUT2D eigenvalue weighted by atomic mass is 35.5. The molecule has 6 heteroatoms. The number of ether oxygens (including phenoxy) is 1. The molecule has 0 unspecified atom stereocenters. The summed E-state index contributed by atoms with van der Waals surface area (Å²) in [6.45, 7) is 0. The summed E-state index contributed by atoms with van der Waals surface area (Å²) in [4.78, 5) is 24.5. The number of anilines is 1. The first kappa shape index (κ1) is 13.4. The maximum absolute atomic E-state index is 12.5. The van der Waals surface area contributed by atoms with Crippen LogP contribution in [0.25, 0.3) is 0 Å². The second-order valence-electron chi connectivity index (χ2n) is 6.04. The van der Waals surface area contributed by atoms with Crippen molar-refractivity contribution in [3.8, 4) is 0 Å². The van der Waals surface area contributed by atoms with Gasteiger partial charge in [-0.15, -0.1) is 0 Å². The molecule has 2 aliphatic carbocycles. The first-order chi connectivity index (χ1) is 10.0. The minimum absolute atomic E-state index is 0.0431. The molecule has 2 saturated carbocycles. The molecule has 1 N–H and O–H groups in total. The lowest BCUT2D eigenvalue weighted by molar-refractivity contribution is -0.145. The van der Waals surface area contributed by atoms with Crippen molar-refractivity contribution in [2.75, 3.05) is 5.32 Å². The molecule has 2 bridgehead atoms. The van der Waals surface area contributed by atoms with Gasteiger partial charge in [-0.2, -0.15) is 0 Å². The van der Waals surface area contributed by atoms with Crippen LogP contribution in [0.1, 0.15) is 12.8 Å². The molecule has 5 atom stereocenters. The summed E-state index contributed by atoms with van der Waals surface area (Å²) in [6.07, 6.45) is 1.77. The molecular weight excluding hydrogens is 313 g/mol. The summed E-state index contributed by atoms with van der Waals surface area (Å²) in [5, 5.41) is 3.68. The van der Waals surface area contributed by atoms with Crippen molar-refractivity contribution in [2.45, 2.75) is 18.9 Å². The number of hydrogen-bond donors (Lipinski definition) is 1. The van der Waals surface area contributed by atoms with Gasteiger partial charge in [0.15, 0.2) is 0 Å². The highest BCUT2D eigenvalue weighted by Gasteiger charge is 2.63. The molecule has 3 aliphatic rings. The Morgan fingerprint density at radius 3 is 2.81 bits per heavy atom. The van der Waals surface area contributed by atoms with Gasteiger partial charge in [0, 0.05) is 11.6 Å². The maximum Gasteiger partial charge on any atom is 0.310 e. The number of benzene rings is 1. The van der Waals surface area contributed by atoms with Crippen LogP contribution in [-0.2, 0) is 14.3 Å². The fourth-order valence-electron chi connectivity index (χ4n) is 4.16. The smallest absolute Gasteiger partial charge is 0.310 e. The maximum atomic E-state index is 12.5. The number of nitrogens with one attached hydrogen (secondary N) is 1. The van der Waals surface area contributed by atoms with Crippen molar-refractivity contribution in [3.05, 3.63) is 28.2 Å². The summed E-state index contributed by atoms with van der Waals surface area (Å²) < 4.78 is 5.35. The Kier molecular flexibility index (Phi) is 2.95. The van der Waals surface area contributed by atoms with Crippen molar-refractivity contribution < 1.29 is 14.3 Å². The summed E-state index contributed by atoms with van der Waals surface area (Å²) in [7, 11) is 0. The zero-order valence-corrected chi connectivity index (χ0v) is 12.5. The van der Waals surface area contributed by atoms with Gasteiger partial charge in [-0.3, -0.25) is 9.59 Å². The molecule has 4 nitrogen and oxygen atoms in total. The van der Waals surface area contributed by atoms with E-state index in [1.807, 2.05) is 0 Å². The Bertz CT molecular complexity index is 646. The van der Waals surface area contributed by atoms with Gasteiger partial charge in [0.2, 0.25) is 5.91 Å². The van der Waals surface area contributed by atoms with Crippen LogP contribution in [0.4, 0.5) is 5.69 Å². The Hall–Kier alpha value is -1.26. The Labute approximate surface area is 131 Å². The van der Waals surface area contributed by atoms with E-state index in [4.69, 9.17) is 27.9 Å². The van der Waals surface area contributed by atoms with Crippen molar-refractivity contribution in [1.29, 1.82) is 0 Å². The summed E-state index contributed by atoms with van der Waals surface area (Å²) in [5.74, 6) is -0.402. The molecule has 1 amide bonds. The molecule has 1 aromatic rings. The number of rotatable bonds is 2. The largest absolute Gasteiger partial charge is 0.462 e. The second kappa shape index (κ2) is 4.62. The minimum atomic E-state index is -0.282. The second-order valence-corrected chi connectivity index (χ2v) is 6.85. The third-order valence-corrected chi connectivity index (χ3v) is 5.71. The molecule has 4 rings (SSSR count). The number of esters is 1. The minimum Gasteiger partial charge on any atom is -0.462 e. The average Bonchev–Trinajstić information content (AvgIpc) is 3.04. The lowest BCUT2D eigenvalue weighted by atomic mass is 9.79. The van der Waals surface area contributed by atoms with E-state index in [1.165, 1.54) is 0 Å². The SMILES string of the molecule is O=C(Nc1ccc(Cl)c(Cl)c1)[C@@H]1[C@@H]2C[C@H]3[C@H]1C(=O)O[C@H]3C2. The Morgan fingerprint density at radius 1 is 1.24 bits per heavy atom. The number of carbonyl (C=O) groups is 2. The topological polar surface area (TPSA) is 55.4 Å². The summed E-state index contributed by atoms with van der Waals surface area (Å²) >= 11 is 11.8. The fourth-order valence-corrected chi connectivity index (χ4v) is 4.46. The van der Waals surface area contributed by atoms with Crippen LogP contribution in [0, 0.1) is 23.7 Å². The molecule has 1 heterocycles. The van der Waals surface area contributed by atoms with Crippen molar-refractivity contribution in [2.24, 2.45) is 23.7 Å². The van der Waals surface area contributed by atoms with Gasteiger partial charge < -0.3 is 10.1 Å². The lowest BCUT2D eigenvalue weighted by Crippen LogP contribution is -2.35. The molecule has 0 spiro atoms. The standard InChI is InChI=1S/C15H13Cl2NO3/c16-9-2-1-7(5-10(9)17)18-14(19)12-6-3-8-11(4-6)21-15(20)13(8)12/h1-2,5-6,8,11-13H,3-4H2,(H,18,19)/t6-,8-,11+,12-,13-/m1/s1. The normalized spacial score (nSPS) is 35.9. The van der Waals surface area contributed by atoms with Gasteiger partial charge in [-0.1, -0.05) is 23.2 Å². The Morgan fingerprint density at radius 2 is 2.05 bits per heavy atom. The number of halogens is 2. The number of carbonyl (C=O) groups excluding carboxylic acids is 2. The van der Waals surface area contributed by atoms with E-state index in [1.54, 1.807) is 18.2 Å². The van der Waals surface area contributed by atoms with Crippen molar-refractivity contribution >= 4 is 40.8 Å². The third kappa shape index (κ3) is 1.96. The van der Waals surface area contributed by atoms with Crippen LogP contribution in [0.2, 0.25) is 10.0 Å². The molecule has 21 heavy (non-hydrogen) atoms. The van der Waals surface area contributed by atoms with E-state index >= 15 is 0 Å². The number of fused-ring (bicyclic) bond motifs is 1. The molecular formula is C15H13Cl2NO3. The van der Waals surface area contributed by atoms with Gasteiger partial charge in [-0.25, -0.2) is 0 Å². The molecule has 0 radical (unpaired) electrons. The van der Waals surface area contributed by atoms with Gasteiger partial charge in [0.1, 0.15) is 6.10 Å². The zero-order chi connectivity index (χ0) is 14.7. The predicted octanol–water partition coefficient (Wildman–Crippen LogP) is 3.13. The van der Waals surface area contributed by atoms with Crippen molar-refractivity contribution in [3.63, 3.8) is 0 Å². The van der Waals surface area contributed by atoms with Crippen molar-refractivity contribution in [1.82, 2.24) is 0 Å². The highest BCUT2D eigenvalue weighted by Crippen LogP contribution is 2.57. The van der Waals surface area contributed by atoms with Crippen LogP contribution >= 0.6 is 23.2 Å². The van der Waals surface area contributed by atoms with E-state index in [0.29, 0.717) is 15.7 Å². The van der Waals surface area contributed by atoms with Crippen LogP contribution in [-0.4, -0.2) is 18.0 Å². The van der Waals surface area contributed by atoms with E-state index in [0.717, 1.165) is 12.8 Å². The lowest BCUT2D eigenvalue weighted by Gasteiger charge is -2.23. The first-order valence-corrected chi connectivity index (χ1v) is 7.76. The Balaban J connectivity index is 1.55. The first-order valence-electron chi connectivity index (χ1n) is 7.01. The molecule has 1 aliphatic heterocycles. The monoisotopic (exact) mass is 325 g/mol. The molecule has 110 valence electrons. The molecule has 0 aromatic heterocycles. The van der Waals surface area contributed by atoms with Gasteiger partial charge in [0.25, 0.3) is 0 Å². The number of hydrogen-bond acceptors (Lipinski definition) is 3. The van der Waals surface area contributed by atoms with E-state index in [9.17, 15) is 9.59 Å². The average molecular weight is 326 g/mol. The van der Waals surface area contributed by atoms with Crippen LogP contribution in [0.15, 0.2) is 18.2 Å². The van der Waals surface area contributed by atoms with Crippen LogP contribution < -0.4 is 5.32 Å². The molecule has 1 saturated heterocycles. The third-order valence-electron chi connectivity index (χ3n) is 4.97. The van der Waals surface area contributed by atoms with Gasteiger partial charge >= 0.3 is 5.97 Å².